The van der Waals surface area contributed by atoms with Crippen molar-refractivity contribution in [3.63, 3.8) is 0 Å². The first-order valence-corrected chi connectivity index (χ1v) is 7.15. The van der Waals surface area contributed by atoms with Gasteiger partial charge < -0.3 is 18.9 Å². The van der Waals surface area contributed by atoms with Crippen molar-refractivity contribution < 1.29 is 23.7 Å². The average molecular weight is 347 g/mol. The molecule has 0 atom stereocenters. The van der Waals surface area contributed by atoms with Gasteiger partial charge in [-0.15, -0.1) is 0 Å². The molecule has 1 rings (SSSR count). The molecule has 0 amide bonds. The molecule has 0 aliphatic rings. The molecule has 1 aromatic carbocycles. The molecule has 0 fully saturated rings. The average Bonchev–Trinajstić information content (AvgIpc) is 2.44. The molecule has 0 aromatic heterocycles. The third kappa shape index (κ3) is 5.11. The van der Waals surface area contributed by atoms with Crippen molar-refractivity contribution in [1.29, 1.82) is 0 Å². The Hall–Kier alpha value is -1.11. The highest BCUT2D eigenvalue weighted by Crippen LogP contribution is 2.24. The molecule has 0 saturated heterocycles. The standard InChI is InChI=1S/C14H19BrO5/c1-4-18-13(19-5-2)9-20-12-8-10(15)6-7-11(12)14(16)17-3/h6-8,13H,4-5,9H2,1-3H3. The summed E-state index contributed by atoms with van der Waals surface area (Å²) in [6, 6.07) is 5.10. The number of rotatable bonds is 8. The predicted octanol–water partition coefficient (Wildman–Crippen LogP) is 3.01. The number of hydrogen-bond donors (Lipinski definition) is 0. The van der Waals surface area contributed by atoms with Crippen LogP contribution in [-0.4, -0.2) is 39.2 Å². The van der Waals surface area contributed by atoms with Crippen LogP contribution in [0.25, 0.3) is 0 Å². The fraction of sp³-hybridized carbons (Fsp3) is 0.500. The van der Waals surface area contributed by atoms with Crippen LogP contribution in [0, 0.1) is 0 Å². The van der Waals surface area contributed by atoms with Gasteiger partial charge in [-0.1, -0.05) is 15.9 Å². The maximum absolute atomic E-state index is 11.7. The minimum atomic E-state index is -0.463. The molecule has 0 spiro atoms. The smallest absolute Gasteiger partial charge is 0.341 e. The summed E-state index contributed by atoms with van der Waals surface area (Å²) in [7, 11) is 1.33. The lowest BCUT2D eigenvalue weighted by atomic mass is 10.2. The Morgan fingerprint density at radius 1 is 1.25 bits per heavy atom. The van der Waals surface area contributed by atoms with E-state index in [0.717, 1.165) is 4.47 Å². The molecule has 5 nitrogen and oxygen atoms in total. The zero-order valence-corrected chi connectivity index (χ0v) is 13.4. The van der Waals surface area contributed by atoms with E-state index in [1.807, 2.05) is 13.8 Å². The second-order valence-corrected chi connectivity index (χ2v) is 4.70. The molecule has 0 radical (unpaired) electrons. The lowest BCUT2D eigenvalue weighted by Gasteiger charge is -2.18. The maximum Gasteiger partial charge on any atom is 0.341 e. The molecule has 1 aromatic rings. The third-order valence-corrected chi connectivity index (χ3v) is 2.92. The van der Waals surface area contributed by atoms with E-state index >= 15 is 0 Å². The van der Waals surface area contributed by atoms with E-state index in [9.17, 15) is 4.79 Å². The molecule has 0 unspecified atom stereocenters. The molecule has 0 bridgehead atoms. The first kappa shape index (κ1) is 16.9. The van der Waals surface area contributed by atoms with E-state index in [2.05, 4.69) is 15.9 Å². The topological polar surface area (TPSA) is 54.0 Å². The summed E-state index contributed by atoms with van der Waals surface area (Å²) in [6.07, 6.45) is -0.463. The van der Waals surface area contributed by atoms with Crippen LogP contribution in [0.4, 0.5) is 0 Å². The normalized spacial score (nSPS) is 10.7. The summed E-state index contributed by atoms with van der Waals surface area (Å²) in [4.78, 5) is 11.7. The number of benzene rings is 1. The van der Waals surface area contributed by atoms with E-state index in [-0.39, 0.29) is 6.61 Å². The van der Waals surface area contributed by atoms with E-state index in [1.165, 1.54) is 7.11 Å². The van der Waals surface area contributed by atoms with Gasteiger partial charge in [0.05, 0.1) is 7.11 Å². The lowest BCUT2D eigenvalue weighted by Crippen LogP contribution is -2.25. The minimum Gasteiger partial charge on any atom is -0.487 e. The second-order valence-electron chi connectivity index (χ2n) is 3.78. The Labute approximate surface area is 127 Å². The van der Waals surface area contributed by atoms with Gasteiger partial charge in [0.25, 0.3) is 0 Å². The molecular formula is C14H19BrO5. The summed E-state index contributed by atoms with van der Waals surface area (Å²) in [5.74, 6) is -0.0208. The molecule has 6 heteroatoms. The molecule has 0 aliphatic carbocycles. The molecule has 112 valence electrons. The Bertz CT molecular complexity index is 430. The number of carbonyl (C=O) groups is 1. The Morgan fingerprint density at radius 3 is 2.45 bits per heavy atom. The van der Waals surface area contributed by atoms with Gasteiger partial charge >= 0.3 is 5.97 Å². The number of halogens is 1. The van der Waals surface area contributed by atoms with Crippen molar-refractivity contribution in [2.75, 3.05) is 26.9 Å². The van der Waals surface area contributed by atoms with E-state index in [4.69, 9.17) is 18.9 Å². The highest BCUT2D eigenvalue weighted by Gasteiger charge is 2.16. The minimum absolute atomic E-state index is 0.197. The SMILES string of the molecule is CCOC(COc1cc(Br)ccc1C(=O)OC)OCC. The molecule has 0 N–H and O–H groups in total. The second kappa shape index (κ2) is 8.94. The lowest BCUT2D eigenvalue weighted by molar-refractivity contribution is -0.152. The zero-order valence-electron chi connectivity index (χ0n) is 11.8. The maximum atomic E-state index is 11.7. The van der Waals surface area contributed by atoms with Gasteiger partial charge in [-0.3, -0.25) is 0 Å². The number of methoxy groups -OCH3 is 1. The Kier molecular flexibility index (Phi) is 7.58. The number of carbonyl (C=O) groups excluding carboxylic acids is 1. The van der Waals surface area contributed by atoms with Crippen molar-refractivity contribution in [2.24, 2.45) is 0 Å². The van der Waals surface area contributed by atoms with Crippen molar-refractivity contribution >= 4 is 21.9 Å². The molecule has 20 heavy (non-hydrogen) atoms. The van der Waals surface area contributed by atoms with Crippen LogP contribution >= 0.6 is 15.9 Å². The van der Waals surface area contributed by atoms with Crippen LogP contribution in [0.1, 0.15) is 24.2 Å². The fourth-order valence-electron chi connectivity index (χ4n) is 1.57. The first-order chi connectivity index (χ1) is 9.62. The van der Waals surface area contributed by atoms with Gasteiger partial charge in [0.2, 0.25) is 0 Å². The quantitative estimate of drug-likeness (QED) is 0.535. The number of hydrogen-bond acceptors (Lipinski definition) is 5. The Balaban J connectivity index is 2.79. The summed E-state index contributed by atoms with van der Waals surface area (Å²) < 4.78 is 21.9. The molecule has 0 heterocycles. The summed E-state index contributed by atoms with van der Waals surface area (Å²) in [5.41, 5.74) is 0.363. The number of ether oxygens (including phenoxy) is 4. The third-order valence-electron chi connectivity index (χ3n) is 2.43. The summed E-state index contributed by atoms with van der Waals surface area (Å²) >= 11 is 3.34. The molecular weight excluding hydrogens is 328 g/mol. The van der Waals surface area contributed by atoms with Crippen LogP contribution in [-0.2, 0) is 14.2 Å². The summed E-state index contributed by atoms with van der Waals surface area (Å²) in [6.45, 7) is 5.00. The van der Waals surface area contributed by atoms with Crippen LogP contribution in [0.2, 0.25) is 0 Å². The fourth-order valence-corrected chi connectivity index (χ4v) is 1.91. The molecule has 0 aliphatic heterocycles. The van der Waals surface area contributed by atoms with Gasteiger partial charge in [-0.05, 0) is 32.0 Å². The van der Waals surface area contributed by atoms with Crippen molar-refractivity contribution in [3.05, 3.63) is 28.2 Å². The largest absolute Gasteiger partial charge is 0.487 e. The molecule has 0 saturated carbocycles. The highest BCUT2D eigenvalue weighted by atomic mass is 79.9. The van der Waals surface area contributed by atoms with E-state index in [1.54, 1.807) is 18.2 Å². The zero-order chi connectivity index (χ0) is 15.0. The van der Waals surface area contributed by atoms with E-state index < -0.39 is 12.3 Å². The number of esters is 1. The van der Waals surface area contributed by atoms with Gasteiger partial charge in [0.15, 0.2) is 6.29 Å². The van der Waals surface area contributed by atoms with Gasteiger partial charge in [-0.2, -0.15) is 0 Å². The Morgan fingerprint density at radius 2 is 1.90 bits per heavy atom. The van der Waals surface area contributed by atoms with E-state index in [0.29, 0.717) is 24.5 Å². The van der Waals surface area contributed by atoms with Crippen molar-refractivity contribution in [2.45, 2.75) is 20.1 Å². The van der Waals surface area contributed by atoms with Gasteiger partial charge in [0, 0.05) is 17.7 Å². The van der Waals surface area contributed by atoms with Gasteiger partial charge in [-0.25, -0.2) is 4.79 Å². The monoisotopic (exact) mass is 346 g/mol. The van der Waals surface area contributed by atoms with Crippen LogP contribution in [0.15, 0.2) is 22.7 Å². The van der Waals surface area contributed by atoms with Crippen LogP contribution in [0.3, 0.4) is 0 Å². The van der Waals surface area contributed by atoms with Gasteiger partial charge in [0.1, 0.15) is 17.9 Å². The summed E-state index contributed by atoms with van der Waals surface area (Å²) in [5, 5.41) is 0. The predicted molar refractivity (Wildman–Crippen MR) is 78.0 cm³/mol. The highest BCUT2D eigenvalue weighted by molar-refractivity contribution is 9.10. The van der Waals surface area contributed by atoms with Crippen LogP contribution < -0.4 is 4.74 Å². The first-order valence-electron chi connectivity index (χ1n) is 6.36. The van der Waals surface area contributed by atoms with Crippen molar-refractivity contribution in [1.82, 2.24) is 0 Å². The van der Waals surface area contributed by atoms with Crippen LogP contribution in [0.5, 0.6) is 5.75 Å². The van der Waals surface area contributed by atoms with Crippen molar-refractivity contribution in [3.8, 4) is 5.75 Å².